The lowest BCUT2D eigenvalue weighted by Crippen LogP contribution is -2.47. The van der Waals surface area contributed by atoms with Gasteiger partial charge in [0.15, 0.2) is 5.65 Å². The van der Waals surface area contributed by atoms with Crippen molar-refractivity contribution in [3.63, 3.8) is 0 Å². The highest BCUT2D eigenvalue weighted by Gasteiger charge is 2.44. The lowest BCUT2D eigenvalue weighted by molar-refractivity contribution is -0.157. The molecule has 0 spiro atoms. The van der Waals surface area contributed by atoms with Gasteiger partial charge in [-0.05, 0) is 25.8 Å². The van der Waals surface area contributed by atoms with E-state index in [4.69, 9.17) is 4.74 Å². The van der Waals surface area contributed by atoms with Crippen molar-refractivity contribution in [3.8, 4) is 0 Å². The van der Waals surface area contributed by atoms with Crippen LogP contribution in [0.1, 0.15) is 36.5 Å². The lowest BCUT2D eigenvalue weighted by Gasteiger charge is -2.39. The maximum absolute atomic E-state index is 12.8. The molecule has 8 heteroatoms. The number of fused-ring (bicyclic) bond motifs is 1. The molecule has 0 aromatic carbocycles. The lowest BCUT2D eigenvalue weighted by atomic mass is 9.74. The van der Waals surface area contributed by atoms with E-state index in [1.165, 1.54) is 20.2 Å². The molecule has 1 saturated heterocycles. The second-order valence-electron chi connectivity index (χ2n) is 6.39. The molecule has 0 atom stereocenters. The van der Waals surface area contributed by atoms with Crippen molar-refractivity contribution in [2.45, 2.75) is 26.2 Å². The number of nitrogens with zero attached hydrogens (tertiary/aromatic N) is 4. The van der Waals surface area contributed by atoms with Crippen molar-refractivity contribution in [2.75, 3.05) is 20.2 Å². The van der Waals surface area contributed by atoms with Gasteiger partial charge in [0.2, 0.25) is 0 Å². The first-order chi connectivity index (χ1) is 12.0. The predicted molar refractivity (Wildman–Crippen MR) is 87.9 cm³/mol. The number of hydrogen-bond donors (Lipinski definition) is 0. The number of carbonyl (C=O) groups is 3. The highest BCUT2D eigenvalue weighted by Crippen LogP contribution is 2.37. The molecule has 0 saturated carbocycles. The minimum absolute atomic E-state index is 0.0583. The Kier molecular flexibility index (Phi) is 4.52. The van der Waals surface area contributed by atoms with E-state index < -0.39 is 5.41 Å². The predicted octanol–water partition coefficient (Wildman–Crippen LogP) is 1.10. The Labute approximate surface area is 144 Å². The smallest absolute Gasteiger partial charge is 0.312 e. The van der Waals surface area contributed by atoms with Gasteiger partial charge in [-0.1, -0.05) is 0 Å². The number of rotatable bonds is 4. The van der Waals surface area contributed by atoms with Gasteiger partial charge in [0.05, 0.1) is 18.7 Å². The second-order valence-corrected chi connectivity index (χ2v) is 6.39. The Balaban J connectivity index is 1.78. The molecule has 0 unspecified atom stereocenters. The number of Topliss-reactive ketones (excluding diaryl/α,β-unsaturated/α-hetero) is 1. The van der Waals surface area contributed by atoms with E-state index in [1.807, 2.05) is 0 Å². The molecular formula is C17H20N4O4. The number of esters is 1. The van der Waals surface area contributed by atoms with E-state index in [-0.39, 0.29) is 24.1 Å². The van der Waals surface area contributed by atoms with Crippen molar-refractivity contribution in [2.24, 2.45) is 5.41 Å². The Morgan fingerprint density at radius 2 is 2.00 bits per heavy atom. The van der Waals surface area contributed by atoms with Crippen LogP contribution in [0, 0.1) is 5.41 Å². The SMILES string of the molecule is COC(=O)C1(CC(C)=O)CCN(C(=O)c2cnn3cccnc23)CC1. The summed E-state index contributed by atoms with van der Waals surface area (Å²) in [6.07, 6.45) is 5.78. The summed E-state index contributed by atoms with van der Waals surface area (Å²) in [6.45, 7) is 2.23. The van der Waals surface area contributed by atoms with E-state index >= 15 is 0 Å². The summed E-state index contributed by atoms with van der Waals surface area (Å²) >= 11 is 0. The zero-order valence-electron chi connectivity index (χ0n) is 14.3. The van der Waals surface area contributed by atoms with E-state index in [9.17, 15) is 14.4 Å². The molecule has 3 heterocycles. The van der Waals surface area contributed by atoms with Crippen LogP contribution in [0.5, 0.6) is 0 Å². The normalized spacial score (nSPS) is 16.6. The number of hydrogen-bond acceptors (Lipinski definition) is 6. The third kappa shape index (κ3) is 3.11. The van der Waals surface area contributed by atoms with Gasteiger partial charge in [-0.15, -0.1) is 0 Å². The van der Waals surface area contributed by atoms with Crippen molar-refractivity contribution in [1.29, 1.82) is 0 Å². The number of aromatic nitrogens is 3. The van der Waals surface area contributed by atoms with Gasteiger partial charge in [0.1, 0.15) is 11.3 Å². The zero-order valence-corrected chi connectivity index (χ0v) is 14.3. The highest BCUT2D eigenvalue weighted by molar-refractivity contribution is 5.99. The fraction of sp³-hybridized carbons (Fsp3) is 0.471. The molecule has 0 N–H and O–H groups in total. The summed E-state index contributed by atoms with van der Waals surface area (Å²) in [6, 6.07) is 1.74. The molecule has 1 aliphatic heterocycles. The van der Waals surface area contributed by atoms with E-state index in [0.29, 0.717) is 37.1 Å². The molecule has 0 aliphatic carbocycles. The first-order valence-electron chi connectivity index (χ1n) is 8.12. The minimum Gasteiger partial charge on any atom is -0.469 e. The van der Waals surface area contributed by atoms with Gasteiger partial charge in [-0.2, -0.15) is 5.10 Å². The maximum atomic E-state index is 12.8. The Morgan fingerprint density at radius 1 is 1.28 bits per heavy atom. The summed E-state index contributed by atoms with van der Waals surface area (Å²) in [7, 11) is 1.33. The zero-order chi connectivity index (χ0) is 18.0. The largest absolute Gasteiger partial charge is 0.469 e. The molecule has 2 aromatic rings. The molecular weight excluding hydrogens is 324 g/mol. The fourth-order valence-electron chi connectivity index (χ4n) is 3.43. The van der Waals surface area contributed by atoms with Crippen molar-refractivity contribution >= 4 is 23.3 Å². The van der Waals surface area contributed by atoms with Crippen LogP contribution in [0.4, 0.5) is 0 Å². The number of amides is 1. The van der Waals surface area contributed by atoms with Crippen LogP contribution in [0.2, 0.25) is 0 Å². The second kappa shape index (κ2) is 6.62. The highest BCUT2D eigenvalue weighted by atomic mass is 16.5. The van der Waals surface area contributed by atoms with E-state index in [1.54, 1.807) is 27.9 Å². The monoisotopic (exact) mass is 344 g/mol. The molecule has 1 amide bonds. The number of ether oxygens (including phenoxy) is 1. The topological polar surface area (TPSA) is 93.9 Å². The molecule has 25 heavy (non-hydrogen) atoms. The quantitative estimate of drug-likeness (QED) is 0.771. The van der Waals surface area contributed by atoms with Crippen molar-refractivity contribution in [1.82, 2.24) is 19.5 Å². The van der Waals surface area contributed by atoms with Crippen LogP contribution in [-0.4, -0.2) is 57.4 Å². The molecule has 3 rings (SSSR count). The maximum Gasteiger partial charge on any atom is 0.312 e. The number of likely N-dealkylation sites (tertiary alicyclic amines) is 1. The van der Waals surface area contributed by atoms with Gasteiger partial charge in [0, 0.05) is 31.9 Å². The average molecular weight is 344 g/mol. The third-order valence-corrected chi connectivity index (χ3v) is 4.72. The van der Waals surface area contributed by atoms with Gasteiger partial charge < -0.3 is 9.64 Å². The van der Waals surface area contributed by atoms with Crippen molar-refractivity contribution < 1.29 is 19.1 Å². The van der Waals surface area contributed by atoms with E-state index in [0.717, 1.165) is 0 Å². The summed E-state index contributed by atoms with van der Waals surface area (Å²) in [5, 5.41) is 4.13. The van der Waals surface area contributed by atoms with E-state index in [2.05, 4.69) is 10.1 Å². The molecule has 132 valence electrons. The van der Waals surface area contributed by atoms with Crippen LogP contribution in [0.15, 0.2) is 24.7 Å². The molecule has 1 aliphatic rings. The Hall–Kier alpha value is -2.77. The third-order valence-electron chi connectivity index (χ3n) is 4.72. The first-order valence-corrected chi connectivity index (χ1v) is 8.12. The van der Waals surface area contributed by atoms with Crippen LogP contribution < -0.4 is 0 Å². The van der Waals surface area contributed by atoms with Crippen LogP contribution in [0.3, 0.4) is 0 Å². The molecule has 1 fully saturated rings. The van der Waals surface area contributed by atoms with Crippen LogP contribution >= 0.6 is 0 Å². The molecule has 0 radical (unpaired) electrons. The van der Waals surface area contributed by atoms with Gasteiger partial charge in [0.25, 0.3) is 5.91 Å². The Morgan fingerprint density at radius 3 is 2.64 bits per heavy atom. The standard InChI is InChI=1S/C17H20N4O4/c1-12(22)10-17(16(24)25-2)4-8-20(9-5-17)15(23)13-11-19-21-7-3-6-18-14(13)21/h3,6-7,11H,4-5,8-10H2,1-2H3. The van der Waals surface area contributed by atoms with Crippen molar-refractivity contribution in [3.05, 3.63) is 30.2 Å². The first kappa shape index (κ1) is 17.1. The number of methoxy groups -OCH3 is 1. The average Bonchev–Trinajstić information content (AvgIpc) is 3.04. The van der Waals surface area contributed by atoms with Crippen LogP contribution in [-0.2, 0) is 14.3 Å². The summed E-state index contributed by atoms with van der Waals surface area (Å²) in [4.78, 5) is 42.5. The summed E-state index contributed by atoms with van der Waals surface area (Å²) in [5.74, 6) is -0.612. The fourth-order valence-corrected chi connectivity index (χ4v) is 3.43. The van der Waals surface area contributed by atoms with Gasteiger partial charge >= 0.3 is 5.97 Å². The molecule has 2 aromatic heterocycles. The minimum atomic E-state index is -0.837. The van der Waals surface area contributed by atoms with Crippen LogP contribution in [0.25, 0.3) is 5.65 Å². The summed E-state index contributed by atoms with van der Waals surface area (Å²) in [5.41, 5.74) is 0.0928. The number of ketones is 1. The summed E-state index contributed by atoms with van der Waals surface area (Å²) < 4.78 is 6.45. The molecule has 8 nitrogen and oxygen atoms in total. The number of carbonyl (C=O) groups excluding carboxylic acids is 3. The molecule has 0 bridgehead atoms. The number of piperidine rings is 1. The van der Waals surface area contributed by atoms with Gasteiger partial charge in [-0.3, -0.25) is 14.4 Å². The Bertz CT molecular complexity index is 821. The van der Waals surface area contributed by atoms with Gasteiger partial charge in [-0.25, -0.2) is 9.50 Å².